The lowest BCUT2D eigenvalue weighted by Gasteiger charge is -2.31. The van der Waals surface area contributed by atoms with Crippen LogP contribution in [0.3, 0.4) is 0 Å². The van der Waals surface area contributed by atoms with E-state index in [-0.39, 0.29) is 6.09 Å². The molecule has 1 aliphatic heterocycles. The largest absolute Gasteiger partial charge is 0.443 e. The topological polar surface area (TPSA) is 64.7 Å². The number of ether oxygens (including phenoxy) is 1. The number of carbonyl (C=O) groups is 1. The number of carbonyl (C=O) groups excluding carboxylic acids is 1. The molecule has 27 heavy (non-hydrogen) atoms. The van der Waals surface area contributed by atoms with Gasteiger partial charge in [0, 0.05) is 43.0 Å². The van der Waals surface area contributed by atoms with Crippen molar-refractivity contribution >= 4 is 17.6 Å². The molecule has 0 aliphatic carbocycles. The number of imidazole rings is 1. The van der Waals surface area contributed by atoms with Crippen LogP contribution in [0.5, 0.6) is 0 Å². The number of nitrogens with zero attached hydrogens (tertiary/aromatic N) is 5. The molecule has 142 valence electrons. The van der Waals surface area contributed by atoms with Crippen LogP contribution in [0, 0.1) is 0 Å². The molecule has 1 aliphatic rings. The molecular formula is C20H25N5O2. The number of rotatable bonds is 1. The number of fused-ring (bicyclic) bond motifs is 3. The minimum atomic E-state index is -0.540. The van der Waals surface area contributed by atoms with Crippen LogP contribution >= 0.6 is 0 Å². The van der Waals surface area contributed by atoms with Crippen molar-refractivity contribution < 1.29 is 9.53 Å². The molecule has 3 aromatic heterocycles. The van der Waals surface area contributed by atoms with Gasteiger partial charge in [-0.05, 0) is 39.3 Å². The molecule has 1 unspecified atom stereocenters. The molecule has 4 heterocycles. The number of hydrogen-bond donors (Lipinski definition) is 0. The predicted molar refractivity (Wildman–Crippen MR) is 104 cm³/mol. The summed E-state index contributed by atoms with van der Waals surface area (Å²) in [6.45, 7) is 8.42. The van der Waals surface area contributed by atoms with Crippen molar-refractivity contribution in [2.75, 3.05) is 11.4 Å². The zero-order valence-corrected chi connectivity index (χ0v) is 16.4. The van der Waals surface area contributed by atoms with Gasteiger partial charge in [0.2, 0.25) is 0 Å². The first-order valence-electron chi connectivity index (χ1n) is 9.24. The summed E-state index contributed by atoms with van der Waals surface area (Å²) in [4.78, 5) is 19.3. The van der Waals surface area contributed by atoms with Gasteiger partial charge in [0.25, 0.3) is 0 Å². The Morgan fingerprint density at radius 3 is 2.67 bits per heavy atom. The normalized spacial score (nSPS) is 17.2. The summed E-state index contributed by atoms with van der Waals surface area (Å²) >= 11 is 0. The highest BCUT2D eigenvalue weighted by molar-refractivity contribution is 5.89. The molecule has 0 N–H and O–H groups in total. The van der Waals surface area contributed by atoms with Crippen molar-refractivity contribution in [3.05, 3.63) is 36.4 Å². The van der Waals surface area contributed by atoms with Gasteiger partial charge in [0.05, 0.1) is 11.9 Å². The molecule has 1 amide bonds. The lowest BCUT2D eigenvalue weighted by Crippen LogP contribution is -2.40. The number of aryl methyl sites for hydroxylation is 1. The Hall–Kier alpha value is -2.83. The molecule has 4 rings (SSSR count). The van der Waals surface area contributed by atoms with Crippen LogP contribution in [0.2, 0.25) is 0 Å². The Morgan fingerprint density at radius 2 is 2.00 bits per heavy atom. The highest BCUT2D eigenvalue weighted by Crippen LogP contribution is 2.37. The molecule has 0 spiro atoms. The van der Waals surface area contributed by atoms with Crippen molar-refractivity contribution in [1.82, 2.24) is 19.2 Å². The summed E-state index contributed by atoms with van der Waals surface area (Å²) in [6.07, 6.45) is 6.36. The number of pyridine rings is 1. The van der Waals surface area contributed by atoms with E-state index in [2.05, 4.69) is 12.0 Å². The molecule has 0 fully saturated rings. The summed E-state index contributed by atoms with van der Waals surface area (Å²) < 4.78 is 9.41. The van der Waals surface area contributed by atoms with Gasteiger partial charge in [-0.3, -0.25) is 14.0 Å². The van der Waals surface area contributed by atoms with Gasteiger partial charge in [-0.1, -0.05) is 6.92 Å². The van der Waals surface area contributed by atoms with Gasteiger partial charge in [-0.25, -0.2) is 9.78 Å². The second-order valence-electron chi connectivity index (χ2n) is 8.19. The van der Waals surface area contributed by atoms with Crippen LogP contribution in [0.15, 0.2) is 30.7 Å². The Kier molecular flexibility index (Phi) is 3.98. The quantitative estimate of drug-likeness (QED) is 0.652. The Morgan fingerprint density at radius 1 is 1.22 bits per heavy atom. The monoisotopic (exact) mass is 367 g/mol. The first-order valence-corrected chi connectivity index (χ1v) is 9.24. The smallest absolute Gasteiger partial charge is 0.416 e. The van der Waals surface area contributed by atoms with E-state index in [1.54, 1.807) is 9.58 Å². The van der Waals surface area contributed by atoms with E-state index in [1.165, 1.54) is 0 Å². The van der Waals surface area contributed by atoms with Crippen molar-refractivity contribution in [3.8, 4) is 11.1 Å². The van der Waals surface area contributed by atoms with Gasteiger partial charge in [0.15, 0.2) is 0 Å². The van der Waals surface area contributed by atoms with E-state index < -0.39 is 5.60 Å². The summed E-state index contributed by atoms with van der Waals surface area (Å²) in [5.41, 5.74) is 3.28. The third-order valence-corrected chi connectivity index (χ3v) is 4.78. The standard InChI is InChI=1S/C20H25N5O2/c1-13-8-9-24(19(26)27-20(2,3)4)18-17(13)22-16-7-6-14(12-25(16)18)15-10-21-23(5)11-15/h6-7,10-13H,8-9H2,1-5H3. The van der Waals surface area contributed by atoms with Gasteiger partial charge < -0.3 is 4.74 Å². The lowest BCUT2D eigenvalue weighted by atomic mass is 10.00. The fourth-order valence-electron chi connectivity index (χ4n) is 3.45. The minimum absolute atomic E-state index is 0.292. The molecule has 7 nitrogen and oxygen atoms in total. The van der Waals surface area contributed by atoms with E-state index >= 15 is 0 Å². The minimum Gasteiger partial charge on any atom is -0.443 e. The summed E-state index contributed by atoms with van der Waals surface area (Å²) in [5.74, 6) is 1.10. The van der Waals surface area contributed by atoms with E-state index in [0.29, 0.717) is 12.5 Å². The second kappa shape index (κ2) is 6.11. The molecule has 0 aromatic carbocycles. The Bertz CT molecular complexity index is 1010. The molecule has 0 saturated heterocycles. The molecule has 0 radical (unpaired) electrons. The molecular weight excluding hydrogens is 342 g/mol. The predicted octanol–water partition coefficient (Wildman–Crippen LogP) is 3.98. The molecule has 3 aromatic rings. The zero-order valence-electron chi connectivity index (χ0n) is 16.4. The zero-order chi connectivity index (χ0) is 19.3. The van der Waals surface area contributed by atoms with Gasteiger partial charge in [-0.2, -0.15) is 5.10 Å². The summed E-state index contributed by atoms with van der Waals surface area (Å²) in [7, 11) is 1.90. The van der Waals surface area contributed by atoms with Gasteiger partial charge >= 0.3 is 6.09 Å². The second-order valence-corrected chi connectivity index (χ2v) is 8.19. The van der Waals surface area contributed by atoms with E-state index in [1.807, 2.05) is 62.9 Å². The van der Waals surface area contributed by atoms with Crippen LogP contribution in [-0.4, -0.2) is 37.4 Å². The SMILES string of the molecule is CC1CCN(C(=O)OC(C)(C)C)c2c1nc1ccc(-c3cnn(C)c3)cn21. The fourth-order valence-corrected chi connectivity index (χ4v) is 3.45. The van der Waals surface area contributed by atoms with E-state index in [0.717, 1.165) is 34.7 Å². The Balaban J connectivity index is 1.83. The van der Waals surface area contributed by atoms with Gasteiger partial charge in [-0.15, -0.1) is 0 Å². The maximum Gasteiger partial charge on any atom is 0.416 e. The van der Waals surface area contributed by atoms with Crippen LogP contribution in [0.25, 0.3) is 16.8 Å². The average molecular weight is 367 g/mol. The van der Waals surface area contributed by atoms with Crippen LogP contribution in [-0.2, 0) is 11.8 Å². The summed E-state index contributed by atoms with van der Waals surface area (Å²) in [5, 5.41) is 4.25. The maximum absolute atomic E-state index is 12.8. The van der Waals surface area contributed by atoms with Crippen molar-refractivity contribution in [3.63, 3.8) is 0 Å². The molecule has 1 atom stereocenters. The van der Waals surface area contributed by atoms with Crippen LogP contribution < -0.4 is 4.90 Å². The first-order chi connectivity index (χ1) is 12.7. The highest BCUT2D eigenvalue weighted by atomic mass is 16.6. The lowest BCUT2D eigenvalue weighted by molar-refractivity contribution is 0.0575. The Labute approximate surface area is 158 Å². The highest BCUT2D eigenvalue weighted by Gasteiger charge is 2.34. The molecule has 0 saturated carbocycles. The number of aromatic nitrogens is 4. The number of amides is 1. The fraction of sp³-hybridized carbons (Fsp3) is 0.450. The summed E-state index contributed by atoms with van der Waals surface area (Å²) in [6, 6.07) is 4.02. The average Bonchev–Trinajstić information content (AvgIpc) is 3.17. The van der Waals surface area contributed by atoms with Crippen LogP contribution in [0.4, 0.5) is 10.6 Å². The third kappa shape index (κ3) is 3.18. The first kappa shape index (κ1) is 17.6. The van der Waals surface area contributed by atoms with Gasteiger partial charge in [0.1, 0.15) is 17.1 Å². The van der Waals surface area contributed by atoms with Crippen molar-refractivity contribution in [2.45, 2.75) is 45.6 Å². The third-order valence-electron chi connectivity index (χ3n) is 4.78. The van der Waals surface area contributed by atoms with E-state index in [9.17, 15) is 4.79 Å². The van der Waals surface area contributed by atoms with Crippen molar-refractivity contribution in [1.29, 1.82) is 0 Å². The van der Waals surface area contributed by atoms with Crippen LogP contribution in [0.1, 0.15) is 45.7 Å². The number of hydrogen-bond acceptors (Lipinski definition) is 4. The molecule has 0 bridgehead atoms. The maximum atomic E-state index is 12.8. The number of anilines is 1. The van der Waals surface area contributed by atoms with Crippen molar-refractivity contribution in [2.24, 2.45) is 7.05 Å². The molecule has 7 heteroatoms. The van der Waals surface area contributed by atoms with E-state index in [4.69, 9.17) is 9.72 Å².